The molecule has 0 aliphatic heterocycles. The smallest absolute Gasteiger partial charge is 0.311 e. The Morgan fingerprint density at radius 3 is 2.55 bits per heavy atom. The lowest BCUT2D eigenvalue weighted by Gasteiger charge is -2.36. The van der Waals surface area contributed by atoms with Gasteiger partial charge in [-0.3, -0.25) is 10.1 Å². The minimum absolute atomic E-state index is 0.0292. The molecule has 7 heteroatoms. The van der Waals surface area contributed by atoms with Gasteiger partial charge in [-0.1, -0.05) is 0 Å². The van der Waals surface area contributed by atoms with E-state index >= 15 is 0 Å². The highest BCUT2D eigenvalue weighted by Crippen LogP contribution is 2.28. The molecular formula is C13H21N5O2. The quantitative estimate of drug-likeness (QED) is 0.640. The molecule has 0 atom stereocenters. The van der Waals surface area contributed by atoms with E-state index in [4.69, 9.17) is 11.5 Å². The number of nitro groups is 1. The maximum atomic E-state index is 10.8. The highest BCUT2D eigenvalue weighted by Gasteiger charge is 2.25. The highest BCUT2D eigenvalue weighted by atomic mass is 16.6. The average Bonchev–Trinajstić information content (AvgIpc) is 2.41. The lowest BCUT2D eigenvalue weighted by molar-refractivity contribution is -0.384. The molecule has 7 nitrogen and oxygen atoms in total. The van der Waals surface area contributed by atoms with Gasteiger partial charge in [0.15, 0.2) is 0 Å². The Kier molecular flexibility index (Phi) is 4.39. The first kappa shape index (κ1) is 14.5. The summed E-state index contributed by atoms with van der Waals surface area (Å²) in [6, 6.07) is 3.77. The number of aromatic nitrogens is 1. The third-order valence-electron chi connectivity index (χ3n) is 3.90. The van der Waals surface area contributed by atoms with E-state index in [-0.39, 0.29) is 11.5 Å². The van der Waals surface area contributed by atoms with Gasteiger partial charge in [0.25, 0.3) is 0 Å². The Morgan fingerprint density at radius 2 is 2.05 bits per heavy atom. The van der Waals surface area contributed by atoms with Gasteiger partial charge in [-0.25, -0.2) is 4.98 Å². The van der Waals surface area contributed by atoms with Gasteiger partial charge in [0.2, 0.25) is 5.82 Å². The van der Waals surface area contributed by atoms with Crippen molar-refractivity contribution in [2.75, 3.05) is 17.2 Å². The summed E-state index contributed by atoms with van der Waals surface area (Å²) < 4.78 is 0. The van der Waals surface area contributed by atoms with Crippen LogP contribution < -0.4 is 16.4 Å². The fourth-order valence-electron chi connectivity index (χ4n) is 2.79. The van der Waals surface area contributed by atoms with Crippen molar-refractivity contribution in [3.8, 4) is 0 Å². The number of rotatable bonds is 4. The third-order valence-corrected chi connectivity index (χ3v) is 3.90. The van der Waals surface area contributed by atoms with Crippen molar-refractivity contribution >= 4 is 17.3 Å². The summed E-state index contributed by atoms with van der Waals surface area (Å²) in [5.74, 6) is 0.675. The second-order valence-electron chi connectivity index (χ2n) is 5.19. The number of nitrogen functional groups attached to an aromatic ring is 1. The van der Waals surface area contributed by atoms with Gasteiger partial charge in [0.05, 0.1) is 4.92 Å². The van der Waals surface area contributed by atoms with Crippen molar-refractivity contribution in [1.29, 1.82) is 0 Å². The summed E-state index contributed by atoms with van der Waals surface area (Å²) in [5, 5.41) is 10.8. The van der Waals surface area contributed by atoms with Crippen LogP contribution in [0, 0.1) is 10.1 Å². The van der Waals surface area contributed by atoms with Crippen LogP contribution in [0.4, 0.5) is 17.3 Å². The zero-order chi connectivity index (χ0) is 14.7. The molecule has 4 N–H and O–H groups in total. The Balaban J connectivity index is 2.19. The van der Waals surface area contributed by atoms with Gasteiger partial charge in [-0.15, -0.1) is 0 Å². The second kappa shape index (κ2) is 6.04. The third kappa shape index (κ3) is 2.98. The van der Waals surface area contributed by atoms with Crippen LogP contribution in [0.3, 0.4) is 0 Å². The molecule has 0 bridgehead atoms. The molecule has 0 radical (unpaired) electrons. The van der Waals surface area contributed by atoms with Crippen molar-refractivity contribution in [2.45, 2.75) is 44.7 Å². The zero-order valence-electron chi connectivity index (χ0n) is 11.7. The predicted molar refractivity (Wildman–Crippen MR) is 78.6 cm³/mol. The van der Waals surface area contributed by atoms with Gasteiger partial charge >= 0.3 is 5.69 Å². The van der Waals surface area contributed by atoms with E-state index in [1.54, 1.807) is 6.07 Å². The number of hydrogen-bond donors (Lipinski definition) is 2. The number of nitrogens with two attached hydrogens (primary N) is 2. The monoisotopic (exact) mass is 279 g/mol. The summed E-state index contributed by atoms with van der Waals surface area (Å²) in [5.41, 5.74) is 11.4. The van der Waals surface area contributed by atoms with Crippen LogP contribution in [0.15, 0.2) is 12.1 Å². The van der Waals surface area contributed by atoms with Gasteiger partial charge < -0.3 is 16.4 Å². The van der Waals surface area contributed by atoms with Crippen molar-refractivity contribution in [2.24, 2.45) is 5.73 Å². The largest absolute Gasteiger partial charge is 0.378 e. The van der Waals surface area contributed by atoms with E-state index < -0.39 is 4.92 Å². The summed E-state index contributed by atoms with van der Waals surface area (Å²) in [6.07, 6.45) is 4.05. The van der Waals surface area contributed by atoms with E-state index in [2.05, 4.69) is 9.88 Å². The maximum Gasteiger partial charge on any atom is 0.311 e. The molecule has 110 valence electrons. The van der Waals surface area contributed by atoms with Crippen molar-refractivity contribution in [3.63, 3.8) is 0 Å². The Morgan fingerprint density at radius 1 is 1.40 bits per heavy atom. The summed E-state index contributed by atoms with van der Waals surface area (Å²) in [7, 11) is 0. The molecule has 1 heterocycles. The number of nitrogens with zero attached hydrogens (tertiary/aromatic N) is 3. The SMILES string of the molecule is CCN(c1ccc([N+](=O)[O-])c(N)n1)C1CCC(N)CC1. The van der Waals surface area contributed by atoms with Gasteiger partial charge in [-0.05, 0) is 38.7 Å². The molecule has 1 aromatic rings. The molecule has 0 saturated heterocycles. The molecule has 2 rings (SSSR count). The first-order valence-corrected chi connectivity index (χ1v) is 6.96. The summed E-state index contributed by atoms with van der Waals surface area (Å²) in [6.45, 7) is 2.85. The van der Waals surface area contributed by atoms with E-state index in [0.29, 0.717) is 17.9 Å². The predicted octanol–water partition coefficient (Wildman–Crippen LogP) is 1.67. The fourth-order valence-corrected chi connectivity index (χ4v) is 2.79. The van der Waals surface area contributed by atoms with Gasteiger partial charge in [-0.2, -0.15) is 0 Å². The van der Waals surface area contributed by atoms with Crippen LogP contribution in [0.25, 0.3) is 0 Å². The number of anilines is 2. The molecule has 0 aromatic carbocycles. The topological polar surface area (TPSA) is 111 Å². The van der Waals surface area contributed by atoms with Crippen molar-refractivity contribution in [1.82, 2.24) is 4.98 Å². The normalized spacial score (nSPS) is 22.5. The lowest BCUT2D eigenvalue weighted by atomic mass is 9.90. The Hall–Kier alpha value is -1.89. The van der Waals surface area contributed by atoms with Gasteiger partial charge in [0, 0.05) is 24.7 Å². The van der Waals surface area contributed by atoms with Gasteiger partial charge in [0.1, 0.15) is 5.82 Å². The standard InChI is InChI=1S/C13H21N5O2/c1-2-17(10-5-3-9(14)4-6-10)12-8-7-11(18(19)20)13(15)16-12/h7-10H,2-6,14H2,1H3,(H2,15,16). The van der Waals surface area contributed by atoms with E-state index in [1.807, 2.05) is 6.92 Å². The molecule has 0 amide bonds. The zero-order valence-corrected chi connectivity index (χ0v) is 11.7. The molecule has 1 fully saturated rings. The van der Waals surface area contributed by atoms with Crippen molar-refractivity contribution < 1.29 is 4.92 Å². The first-order chi connectivity index (χ1) is 9.52. The molecule has 0 unspecified atom stereocenters. The summed E-state index contributed by atoms with van der Waals surface area (Å²) >= 11 is 0. The van der Waals surface area contributed by atoms with Crippen LogP contribution in [-0.4, -0.2) is 28.5 Å². The van der Waals surface area contributed by atoms with E-state index in [0.717, 1.165) is 32.2 Å². The lowest BCUT2D eigenvalue weighted by Crippen LogP contribution is -2.41. The molecule has 20 heavy (non-hydrogen) atoms. The number of pyridine rings is 1. The number of hydrogen-bond acceptors (Lipinski definition) is 6. The molecule has 1 saturated carbocycles. The van der Waals surface area contributed by atoms with E-state index in [9.17, 15) is 10.1 Å². The molecule has 1 aromatic heterocycles. The minimum Gasteiger partial charge on any atom is -0.378 e. The molecule has 0 spiro atoms. The van der Waals surface area contributed by atoms with Crippen LogP contribution in [0.1, 0.15) is 32.6 Å². The molecule has 1 aliphatic rings. The van der Waals surface area contributed by atoms with Crippen LogP contribution in [0.2, 0.25) is 0 Å². The van der Waals surface area contributed by atoms with E-state index in [1.165, 1.54) is 6.07 Å². The van der Waals surface area contributed by atoms with Crippen molar-refractivity contribution in [3.05, 3.63) is 22.2 Å². The first-order valence-electron chi connectivity index (χ1n) is 6.96. The maximum absolute atomic E-state index is 10.8. The highest BCUT2D eigenvalue weighted by molar-refractivity contribution is 5.58. The average molecular weight is 279 g/mol. The Labute approximate surface area is 118 Å². The van der Waals surface area contributed by atoms with Crippen LogP contribution in [-0.2, 0) is 0 Å². The minimum atomic E-state index is -0.512. The fraction of sp³-hybridized carbons (Fsp3) is 0.615. The molecular weight excluding hydrogens is 258 g/mol. The van der Waals surface area contributed by atoms with Crippen LogP contribution in [0.5, 0.6) is 0 Å². The summed E-state index contributed by atoms with van der Waals surface area (Å²) in [4.78, 5) is 16.6. The second-order valence-corrected chi connectivity index (χ2v) is 5.19. The Bertz CT molecular complexity index is 486. The molecule has 1 aliphatic carbocycles. The van der Waals surface area contributed by atoms with Crippen LogP contribution >= 0.6 is 0 Å².